The van der Waals surface area contributed by atoms with Crippen LogP contribution in [0.3, 0.4) is 0 Å². The number of piperidine rings is 1. The minimum atomic E-state index is 0.0568. The van der Waals surface area contributed by atoms with E-state index < -0.39 is 0 Å². The number of hydrogen-bond donors (Lipinski definition) is 1. The van der Waals surface area contributed by atoms with Crippen LogP contribution in [0.25, 0.3) is 0 Å². The van der Waals surface area contributed by atoms with E-state index in [0.29, 0.717) is 11.4 Å². The van der Waals surface area contributed by atoms with Gasteiger partial charge in [-0.1, -0.05) is 18.3 Å². The van der Waals surface area contributed by atoms with E-state index in [2.05, 4.69) is 16.5 Å². The van der Waals surface area contributed by atoms with E-state index >= 15 is 0 Å². The fourth-order valence-corrected chi connectivity index (χ4v) is 3.49. The maximum Gasteiger partial charge on any atom is 0.268 e. The molecule has 1 fully saturated rings. The number of rotatable bonds is 3. The Hall–Kier alpha value is -1.01. The molecule has 0 bridgehead atoms. The highest BCUT2D eigenvalue weighted by molar-refractivity contribution is 7.08. The van der Waals surface area contributed by atoms with Crippen LogP contribution < -0.4 is 5.73 Å². The van der Waals surface area contributed by atoms with Crippen molar-refractivity contribution < 1.29 is 4.79 Å². The molecule has 1 aliphatic heterocycles. The van der Waals surface area contributed by atoms with Crippen LogP contribution in [-0.2, 0) is 0 Å². The molecule has 2 unspecified atom stereocenters. The predicted molar refractivity (Wildman–Crippen MR) is 76.3 cm³/mol. The number of nitrogens with zero attached hydrogens (tertiary/aromatic N) is 3. The van der Waals surface area contributed by atoms with Crippen LogP contribution in [-0.4, -0.2) is 39.0 Å². The first-order chi connectivity index (χ1) is 9.06. The number of carbonyl (C=O) groups is 1. The molecule has 1 aliphatic rings. The molecule has 1 aromatic heterocycles. The Kier molecular flexibility index (Phi) is 4.52. The monoisotopic (exact) mass is 282 g/mol. The van der Waals surface area contributed by atoms with Gasteiger partial charge in [0.05, 0.1) is 5.69 Å². The summed E-state index contributed by atoms with van der Waals surface area (Å²) in [5.74, 6) is 0.274. The fourth-order valence-electron chi connectivity index (χ4n) is 2.73. The standard InChI is InChI=1S/C13H22N4OS/c1-8(2)11-12(19-16-15-11)13(18)17-9(3)5-4-6-10(17)7-14/h8-10H,4-7,14H2,1-3H3. The van der Waals surface area contributed by atoms with Crippen molar-refractivity contribution in [1.29, 1.82) is 0 Å². The maximum absolute atomic E-state index is 12.8. The normalized spacial score (nSPS) is 23.9. The lowest BCUT2D eigenvalue weighted by molar-refractivity contribution is 0.0497. The minimum absolute atomic E-state index is 0.0568. The Labute approximate surface area is 118 Å². The number of carbonyl (C=O) groups excluding carboxylic acids is 1. The van der Waals surface area contributed by atoms with Crippen LogP contribution in [0.1, 0.15) is 61.3 Å². The highest BCUT2D eigenvalue weighted by atomic mass is 32.1. The van der Waals surface area contributed by atoms with Gasteiger partial charge in [-0.15, -0.1) is 5.10 Å². The van der Waals surface area contributed by atoms with Gasteiger partial charge >= 0.3 is 0 Å². The Balaban J connectivity index is 2.28. The molecule has 0 aliphatic carbocycles. The van der Waals surface area contributed by atoms with Gasteiger partial charge in [-0.05, 0) is 43.6 Å². The van der Waals surface area contributed by atoms with Crippen LogP contribution in [0, 0.1) is 0 Å². The van der Waals surface area contributed by atoms with Gasteiger partial charge in [0.25, 0.3) is 5.91 Å². The number of aromatic nitrogens is 2. The van der Waals surface area contributed by atoms with E-state index in [1.54, 1.807) is 0 Å². The smallest absolute Gasteiger partial charge is 0.268 e. The summed E-state index contributed by atoms with van der Waals surface area (Å²) >= 11 is 1.20. The zero-order chi connectivity index (χ0) is 14.0. The van der Waals surface area contributed by atoms with Gasteiger partial charge in [-0.25, -0.2) is 0 Å². The number of amides is 1. The van der Waals surface area contributed by atoms with Crippen molar-refractivity contribution >= 4 is 17.4 Å². The predicted octanol–water partition coefficient (Wildman–Crippen LogP) is 2.00. The topological polar surface area (TPSA) is 72.1 Å². The molecule has 1 aromatic rings. The second-order valence-electron chi connectivity index (χ2n) is 5.52. The fraction of sp³-hybridized carbons (Fsp3) is 0.769. The lowest BCUT2D eigenvalue weighted by atomic mass is 9.95. The summed E-state index contributed by atoms with van der Waals surface area (Å²) in [6.45, 7) is 6.70. The van der Waals surface area contributed by atoms with Crippen LogP contribution in [0.2, 0.25) is 0 Å². The van der Waals surface area contributed by atoms with E-state index in [9.17, 15) is 4.79 Å². The summed E-state index contributed by atoms with van der Waals surface area (Å²) in [6, 6.07) is 0.398. The first-order valence-corrected chi connectivity index (χ1v) is 7.68. The first-order valence-electron chi connectivity index (χ1n) is 6.91. The largest absolute Gasteiger partial charge is 0.331 e. The molecule has 6 heteroatoms. The highest BCUT2D eigenvalue weighted by Gasteiger charge is 2.34. The summed E-state index contributed by atoms with van der Waals surface area (Å²) < 4.78 is 3.95. The van der Waals surface area contributed by atoms with Gasteiger partial charge in [-0.3, -0.25) is 4.79 Å². The summed E-state index contributed by atoms with van der Waals surface area (Å²) in [5, 5.41) is 4.10. The second kappa shape index (κ2) is 5.96. The van der Waals surface area contributed by atoms with Crippen molar-refractivity contribution in [1.82, 2.24) is 14.5 Å². The molecule has 2 rings (SSSR count). The minimum Gasteiger partial charge on any atom is -0.331 e. The third kappa shape index (κ3) is 2.79. The number of likely N-dealkylation sites (tertiary alicyclic amines) is 1. The van der Waals surface area contributed by atoms with Crippen molar-refractivity contribution in [2.75, 3.05) is 6.54 Å². The lowest BCUT2D eigenvalue weighted by Gasteiger charge is -2.40. The molecule has 1 saturated heterocycles. The number of nitrogens with two attached hydrogens (primary N) is 1. The van der Waals surface area contributed by atoms with E-state index in [1.807, 2.05) is 18.7 Å². The molecule has 2 N–H and O–H groups in total. The van der Waals surface area contributed by atoms with Crippen molar-refractivity contribution in [2.24, 2.45) is 5.73 Å². The van der Waals surface area contributed by atoms with Crippen LogP contribution >= 0.6 is 11.5 Å². The Morgan fingerprint density at radius 1 is 1.53 bits per heavy atom. The summed E-state index contributed by atoms with van der Waals surface area (Å²) in [7, 11) is 0. The molecule has 19 heavy (non-hydrogen) atoms. The van der Waals surface area contributed by atoms with Crippen molar-refractivity contribution in [3.63, 3.8) is 0 Å². The van der Waals surface area contributed by atoms with Crippen molar-refractivity contribution in [2.45, 2.75) is 58.0 Å². The van der Waals surface area contributed by atoms with Crippen LogP contribution in [0.15, 0.2) is 0 Å². The number of hydrogen-bond acceptors (Lipinski definition) is 5. The van der Waals surface area contributed by atoms with E-state index in [1.165, 1.54) is 11.5 Å². The molecule has 2 atom stereocenters. The van der Waals surface area contributed by atoms with Gasteiger partial charge in [0.1, 0.15) is 4.88 Å². The third-order valence-corrected chi connectivity index (χ3v) is 4.52. The van der Waals surface area contributed by atoms with Gasteiger partial charge in [-0.2, -0.15) is 0 Å². The maximum atomic E-state index is 12.8. The zero-order valence-corrected chi connectivity index (χ0v) is 12.6. The molecule has 106 valence electrons. The van der Waals surface area contributed by atoms with Crippen molar-refractivity contribution in [3.8, 4) is 0 Å². The lowest BCUT2D eigenvalue weighted by Crippen LogP contribution is -2.51. The average Bonchev–Trinajstić information content (AvgIpc) is 2.87. The van der Waals surface area contributed by atoms with Crippen LogP contribution in [0.5, 0.6) is 0 Å². The molecular formula is C13H22N4OS. The molecular weight excluding hydrogens is 260 g/mol. The second-order valence-corrected chi connectivity index (χ2v) is 6.28. The van der Waals surface area contributed by atoms with E-state index in [0.717, 1.165) is 25.0 Å². The van der Waals surface area contributed by atoms with Crippen LogP contribution in [0.4, 0.5) is 0 Å². The molecule has 0 radical (unpaired) electrons. The molecule has 1 amide bonds. The summed E-state index contributed by atoms with van der Waals surface area (Å²) in [4.78, 5) is 15.4. The Morgan fingerprint density at radius 2 is 2.26 bits per heavy atom. The average molecular weight is 282 g/mol. The van der Waals surface area contributed by atoms with Gasteiger partial charge in [0.15, 0.2) is 0 Å². The summed E-state index contributed by atoms with van der Waals surface area (Å²) in [5.41, 5.74) is 6.63. The molecule has 0 saturated carbocycles. The Bertz CT molecular complexity index is 446. The molecule has 0 spiro atoms. The van der Waals surface area contributed by atoms with Gasteiger partial charge in [0, 0.05) is 18.6 Å². The molecule has 2 heterocycles. The summed E-state index contributed by atoms with van der Waals surface area (Å²) in [6.07, 6.45) is 3.19. The molecule has 0 aromatic carbocycles. The first kappa shape index (κ1) is 14.4. The molecule has 5 nitrogen and oxygen atoms in total. The zero-order valence-electron chi connectivity index (χ0n) is 11.8. The Morgan fingerprint density at radius 3 is 2.89 bits per heavy atom. The van der Waals surface area contributed by atoms with Gasteiger partial charge < -0.3 is 10.6 Å². The highest BCUT2D eigenvalue weighted by Crippen LogP contribution is 2.28. The third-order valence-electron chi connectivity index (χ3n) is 3.79. The van der Waals surface area contributed by atoms with Crippen molar-refractivity contribution in [3.05, 3.63) is 10.6 Å². The van der Waals surface area contributed by atoms with E-state index in [-0.39, 0.29) is 23.9 Å². The van der Waals surface area contributed by atoms with Gasteiger partial charge in [0.2, 0.25) is 0 Å². The quantitative estimate of drug-likeness (QED) is 0.920. The SMILES string of the molecule is CC(C)c1nnsc1C(=O)N1C(C)CCCC1CN. The van der Waals surface area contributed by atoms with E-state index in [4.69, 9.17) is 5.73 Å².